The Morgan fingerprint density at radius 3 is 2.92 bits per heavy atom. The van der Waals surface area contributed by atoms with Gasteiger partial charge in [0.2, 0.25) is 0 Å². The van der Waals surface area contributed by atoms with Gasteiger partial charge in [-0.3, -0.25) is 14.7 Å². The number of aromatic amines is 1. The number of rotatable bonds is 2. The minimum atomic E-state index is -0.231. The number of aromatic nitrogens is 4. The van der Waals surface area contributed by atoms with Crippen LogP contribution in [0.3, 0.4) is 0 Å². The van der Waals surface area contributed by atoms with Crippen LogP contribution in [0.1, 0.15) is 52.9 Å². The fourth-order valence-corrected chi connectivity index (χ4v) is 3.43. The first-order valence-electron chi connectivity index (χ1n) is 8.35. The molecule has 1 fully saturated rings. The second-order valence-electron chi connectivity index (χ2n) is 6.42. The summed E-state index contributed by atoms with van der Waals surface area (Å²) in [6.45, 7) is 4.21. The molecule has 0 radical (unpaired) electrons. The number of H-pyrrole nitrogens is 1. The van der Waals surface area contributed by atoms with E-state index in [0.717, 1.165) is 25.0 Å². The van der Waals surface area contributed by atoms with Crippen LogP contribution in [0.2, 0.25) is 0 Å². The molecule has 1 saturated heterocycles. The number of piperidine rings is 1. The molecule has 3 aromatic heterocycles. The third-order valence-electron chi connectivity index (χ3n) is 4.65. The van der Waals surface area contributed by atoms with Crippen molar-refractivity contribution >= 4 is 11.6 Å². The molecular weight excluding hydrogens is 322 g/mol. The van der Waals surface area contributed by atoms with Crippen LogP contribution in [0.15, 0.2) is 27.7 Å². The standard InChI is InChI=1S/C17H19N5O3/c1-10-7-14-19-12(8-15(23)22(14)20-10)13-5-3-4-6-21(13)17(24)16-11(2)25-9-18-16/h7-9,13,20H,3-6H2,1-2H3/t13-/m1/s1. The monoisotopic (exact) mass is 341 g/mol. The van der Waals surface area contributed by atoms with E-state index in [1.807, 2.05) is 13.0 Å². The summed E-state index contributed by atoms with van der Waals surface area (Å²) in [4.78, 5) is 35.7. The molecule has 1 atom stereocenters. The van der Waals surface area contributed by atoms with Gasteiger partial charge in [0.1, 0.15) is 5.76 Å². The average molecular weight is 341 g/mol. The van der Waals surface area contributed by atoms with Crippen LogP contribution in [-0.2, 0) is 0 Å². The predicted molar refractivity (Wildman–Crippen MR) is 89.4 cm³/mol. The highest BCUT2D eigenvalue weighted by Gasteiger charge is 2.32. The predicted octanol–water partition coefficient (Wildman–Crippen LogP) is 1.99. The number of aryl methyl sites for hydroxylation is 2. The topological polar surface area (TPSA) is 96.5 Å². The molecule has 4 heterocycles. The summed E-state index contributed by atoms with van der Waals surface area (Å²) in [5, 5.41) is 2.96. The maximum absolute atomic E-state index is 12.9. The van der Waals surface area contributed by atoms with Crippen LogP contribution in [-0.4, -0.2) is 36.9 Å². The largest absolute Gasteiger partial charge is 0.448 e. The molecule has 3 aromatic rings. The highest BCUT2D eigenvalue weighted by molar-refractivity contribution is 5.93. The quantitative estimate of drug-likeness (QED) is 0.769. The second-order valence-corrected chi connectivity index (χ2v) is 6.42. The van der Waals surface area contributed by atoms with E-state index in [2.05, 4.69) is 15.1 Å². The van der Waals surface area contributed by atoms with E-state index in [1.165, 1.54) is 17.0 Å². The van der Waals surface area contributed by atoms with Gasteiger partial charge in [-0.05, 0) is 33.1 Å². The van der Waals surface area contributed by atoms with Gasteiger partial charge < -0.3 is 9.32 Å². The van der Waals surface area contributed by atoms with E-state index in [0.29, 0.717) is 29.3 Å². The molecule has 0 unspecified atom stereocenters. The third-order valence-corrected chi connectivity index (χ3v) is 4.65. The van der Waals surface area contributed by atoms with Gasteiger partial charge >= 0.3 is 0 Å². The van der Waals surface area contributed by atoms with Gasteiger partial charge in [0.15, 0.2) is 17.7 Å². The summed E-state index contributed by atoms with van der Waals surface area (Å²) in [7, 11) is 0. The van der Waals surface area contributed by atoms with Crippen molar-refractivity contribution in [2.75, 3.05) is 6.54 Å². The summed E-state index contributed by atoms with van der Waals surface area (Å²) < 4.78 is 6.58. The maximum Gasteiger partial charge on any atom is 0.276 e. The molecule has 0 saturated carbocycles. The van der Waals surface area contributed by atoms with Crippen molar-refractivity contribution in [2.24, 2.45) is 0 Å². The molecule has 25 heavy (non-hydrogen) atoms. The molecule has 8 nitrogen and oxygen atoms in total. The minimum absolute atomic E-state index is 0.177. The molecule has 0 bridgehead atoms. The van der Waals surface area contributed by atoms with Gasteiger partial charge in [0.05, 0.1) is 11.7 Å². The zero-order chi connectivity index (χ0) is 17.6. The van der Waals surface area contributed by atoms with E-state index in [4.69, 9.17) is 4.42 Å². The number of nitrogens with zero attached hydrogens (tertiary/aromatic N) is 4. The summed E-state index contributed by atoms with van der Waals surface area (Å²) in [5.41, 5.74) is 2.19. The highest BCUT2D eigenvalue weighted by Crippen LogP contribution is 2.31. The molecule has 1 aliphatic heterocycles. The fraction of sp³-hybridized carbons (Fsp3) is 0.412. The van der Waals surface area contributed by atoms with Crippen LogP contribution >= 0.6 is 0 Å². The third kappa shape index (κ3) is 2.63. The van der Waals surface area contributed by atoms with Crippen molar-refractivity contribution in [1.29, 1.82) is 0 Å². The lowest BCUT2D eigenvalue weighted by Gasteiger charge is -2.34. The Morgan fingerprint density at radius 1 is 1.32 bits per heavy atom. The van der Waals surface area contributed by atoms with Crippen molar-refractivity contribution in [3.63, 3.8) is 0 Å². The summed E-state index contributed by atoms with van der Waals surface area (Å²) in [5.74, 6) is 0.322. The molecule has 0 aromatic carbocycles. The Labute approximate surface area is 143 Å². The van der Waals surface area contributed by atoms with Crippen molar-refractivity contribution < 1.29 is 9.21 Å². The lowest BCUT2D eigenvalue weighted by Crippen LogP contribution is -2.39. The second kappa shape index (κ2) is 5.87. The highest BCUT2D eigenvalue weighted by atomic mass is 16.3. The first-order chi connectivity index (χ1) is 12.0. The number of nitrogens with one attached hydrogen (secondary N) is 1. The van der Waals surface area contributed by atoms with Gasteiger partial charge in [0.25, 0.3) is 11.5 Å². The number of hydrogen-bond acceptors (Lipinski definition) is 5. The fourth-order valence-electron chi connectivity index (χ4n) is 3.43. The van der Waals surface area contributed by atoms with E-state index in [9.17, 15) is 9.59 Å². The minimum Gasteiger partial charge on any atom is -0.448 e. The zero-order valence-electron chi connectivity index (χ0n) is 14.2. The number of oxazole rings is 1. The SMILES string of the molecule is Cc1cc2nc([C@H]3CCCCN3C(=O)c3ncoc3C)cc(=O)n2[nH]1. The van der Waals surface area contributed by atoms with Gasteiger partial charge in [-0.2, -0.15) is 0 Å². The Hall–Kier alpha value is -2.90. The van der Waals surface area contributed by atoms with Crippen molar-refractivity contribution in [1.82, 2.24) is 24.5 Å². The summed E-state index contributed by atoms with van der Waals surface area (Å²) in [6, 6.07) is 3.10. The number of fused-ring (bicyclic) bond motifs is 1. The van der Waals surface area contributed by atoms with Crippen LogP contribution in [0, 0.1) is 13.8 Å². The first kappa shape index (κ1) is 15.6. The molecular formula is C17H19N5O3. The van der Waals surface area contributed by atoms with Gasteiger partial charge in [0, 0.05) is 24.4 Å². The normalized spacial score (nSPS) is 18.0. The molecule has 0 aliphatic carbocycles. The van der Waals surface area contributed by atoms with Gasteiger partial charge in [-0.15, -0.1) is 0 Å². The number of hydrogen-bond donors (Lipinski definition) is 1. The number of carbonyl (C=O) groups is 1. The molecule has 8 heteroatoms. The molecule has 0 spiro atoms. The maximum atomic E-state index is 12.9. The lowest BCUT2D eigenvalue weighted by atomic mass is 9.98. The van der Waals surface area contributed by atoms with Gasteiger partial charge in [-0.1, -0.05) is 0 Å². The van der Waals surface area contributed by atoms with Crippen molar-refractivity contribution in [3.8, 4) is 0 Å². The first-order valence-corrected chi connectivity index (χ1v) is 8.35. The van der Waals surface area contributed by atoms with Crippen molar-refractivity contribution in [2.45, 2.75) is 39.2 Å². The summed E-state index contributed by atoms with van der Waals surface area (Å²) >= 11 is 0. The molecule has 4 rings (SSSR count). The Bertz CT molecular complexity index is 999. The van der Waals surface area contributed by atoms with Crippen LogP contribution in [0.5, 0.6) is 0 Å². The lowest BCUT2D eigenvalue weighted by molar-refractivity contribution is 0.0599. The molecule has 130 valence electrons. The van der Waals surface area contributed by atoms with Crippen LogP contribution in [0.4, 0.5) is 0 Å². The van der Waals surface area contributed by atoms with Gasteiger partial charge in [-0.25, -0.2) is 14.5 Å². The van der Waals surface area contributed by atoms with E-state index in [-0.39, 0.29) is 17.5 Å². The number of amides is 1. The molecule has 1 N–H and O–H groups in total. The molecule has 1 aliphatic rings. The van der Waals surface area contributed by atoms with E-state index in [1.54, 1.807) is 11.8 Å². The smallest absolute Gasteiger partial charge is 0.276 e. The summed E-state index contributed by atoms with van der Waals surface area (Å²) in [6.07, 6.45) is 3.96. The van der Waals surface area contributed by atoms with E-state index < -0.39 is 0 Å². The zero-order valence-corrected chi connectivity index (χ0v) is 14.2. The molecule has 1 amide bonds. The van der Waals surface area contributed by atoms with Crippen LogP contribution < -0.4 is 5.56 Å². The average Bonchev–Trinajstić information content (AvgIpc) is 3.19. The Balaban J connectivity index is 1.75. The number of carbonyl (C=O) groups excluding carboxylic acids is 1. The van der Waals surface area contributed by atoms with Crippen molar-refractivity contribution in [3.05, 3.63) is 51.7 Å². The number of likely N-dealkylation sites (tertiary alicyclic amines) is 1. The Morgan fingerprint density at radius 2 is 2.16 bits per heavy atom. The Kier molecular flexibility index (Phi) is 3.67. The van der Waals surface area contributed by atoms with E-state index >= 15 is 0 Å². The van der Waals surface area contributed by atoms with Crippen LogP contribution in [0.25, 0.3) is 5.65 Å².